The molecule has 3 N–H and O–H groups in total. The van der Waals surface area contributed by atoms with E-state index in [2.05, 4.69) is 10.3 Å². The molecule has 0 amide bonds. The van der Waals surface area contributed by atoms with Crippen LogP contribution < -0.4 is 10.5 Å². The van der Waals surface area contributed by atoms with Gasteiger partial charge in [-0.2, -0.15) is 0 Å². The van der Waals surface area contributed by atoms with Gasteiger partial charge in [0.25, 0.3) is 10.0 Å². The molecule has 0 bridgehead atoms. The fraction of sp³-hybridized carbons (Fsp3) is 0.500. The highest BCUT2D eigenvalue weighted by Gasteiger charge is 2.17. The summed E-state index contributed by atoms with van der Waals surface area (Å²) in [6, 6.07) is 0. The minimum atomic E-state index is -3.75. The molecule has 0 saturated heterocycles. The van der Waals surface area contributed by atoms with E-state index >= 15 is 0 Å². The molecule has 1 aromatic rings. The Labute approximate surface area is 91.3 Å². The van der Waals surface area contributed by atoms with Gasteiger partial charge in [0, 0.05) is 6.54 Å². The van der Waals surface area contributed by atoms with E-state index < -0.39 is 10.0 Å². The van der Waals surface area contributed by atoms with Crippen LogP contribution in [0.1, 0.15) is 13.3 Å². The second-order valence-electron chi connectivity index (χ2n) is 2.57. The number of halogens is 1. The van der Waals surface area contributed by atoms with Crippen molar-refractivity contribution >= 4 is 38.0 Å². The van der Waals surface area contributed by atoms with E-state index in [9.17, 15) is 8.42 Å². The maximum absolute atomic E-state index is 10.9. The lowest BCUT2D eigenvalue weighted by Crippen LogP contribution is -2.11. The van der Waals surface area contributed by atoms with Crippen LogP contribution in [0.5, 0.6) is 0 Å². The third-order valence-corrected chi connectivity index (χ3v) is 4.06. The molecule has 0 aliphatic carbocycles. The van der Waals surface area contributed by atoms with Crippen LogP contribution in [-0.2, 0) is 10.0 Å². The summed E-state index contributed by atoms with van der Waals surface area (Å²) in [6.45, 7) is 2.70. The number of nitrogens with zero attached hydrogens (tertiary/aromatic N) is 1. The monoisotopic (exact) mass is 255 g/mol. The van der Waals surface area contributed by atoms with Crippen molar-refractivity contribution in [2.75, 3.05) is 11.9 Å². The number of hydrogen-bond acceptors (Lipinski definition) is 5. The molecule has 14 heavy (non-hydrogen) atoms. The van der Waals surface area contributed by atoms with Crippen LogP contribution in [0.2, 0.25) is 5.15 Å². The normalized spacial score (nSPS) is 11.6. The van der Waals surface area contributed by atoms with Gasteiger partial charge in [-0.05, 0) is 6.42 Å². The van der Waals surface area contributed by atoms with Gasteiger partial charge in [0.1, 0.15) is 5.00 Å². The molecule has 0 unspecified atom stereocenters. The van der Waals surface area contributed by atoms with Gasteiger partial charge in [0.2, 0.25) is 4.34 Å². The zero-order chi connectivity index (χ0) is 10.8. The summed E-state index contributed by atoms with van der Waals surface area (Å²) in [7, 11) is -3.75. The first kappa shape index (κ1) is 11.7. The Kier molecular flexibility index (Phi) is 3.71. The van der Waals surface area contributed by atoms with E-state index in [1.54, 1.807) is 0 Å². The van der Waals surface area contributed by atoms with Gasteiger partial charge in [-0.25, -0.2) is 18.5 Å². The summed E-state index contributed by atoms with van der Waals surface area (Å²) in [5.41, 5.74) is 0. The number of rotatable bonds is 4. The lowest BCUT2D eigenvalue weighted by Gasteiger charge is -1.98. The number of nitrogens with one attached hydrogen (secondary N) is 1. The van der Waals surface area contributed by atoms with Crippen molar-refractivity contribution < 1.29 is 8.42 Å². The highest BCUT2D eigenvalue weighted by Crippen LogP contribution is 2.30. The van der Waals surface area contributed by atoms with Crippen LogP contribution in [0.25, 0.3) is 0 Å². The Hall–Kier alpha value is -0.370. The Morgan fingerprint density at radius 3 is 2.71 bits per heavy atom. The number of sulfonamides is 1. The summed E-state index contributed by atoms with van der Waals surface area (Å²) < 4.78 is 21.7. The van der Waals surface area contributed by atoms with Gasteiger partial charge in [-0.15, -0.1) is 0 Å². The van der Waals surface area contributed by atoms with Crippen molar-refractivity contribution in [3.63, 3.8) is 0 Å². The van der Waals surface area contributed by atoms with E-state index in [1.807, 2.05) is 6.92 Å². The maximum Gasteiger partial charge on any atom is 0.265 e. The molecule has 5 nitrogen and oxygen atoms in total. The molecule has 8 heteroatoms. The number of aromatic nitrogens is 1. The highest BCUT2D eigenvalue weighted by molar-refractivity contribution is 7.91. The van der Waals surface area contributed by atoms with Gasteiger partial charge in [0.15, 0.2) is 5.15 Å². The summed E-state index contributed by atoms with van der Waals surface area (Å²) in [5.74, 6) is 0. The quantitative estimate of drug-likeness (QED) is 0.848. The summed E-state index contributed by atoms with van der Waals surface area (Å²) in [6.07, 6.45) is 0.916. The van der Waals surface area contributed by atoms with E-state index in [-0.39, 0.29) is 9.49 Å². The second-order valence-corrected chi connectivity index (χ2v) is 5.66. The lowest BCUT2D eigenvalue weighted by atomic mass is 10.5. The fourth-order valence-corrected chi connectivity index (χ4v) is 2.67. The molecule has 0 fully saturated rings. The molecule has 0 spiro atoms. The van der Waals surface area contributed by atoms with Crippen LogP contribution >= 0.6 is 22.9 Å². The predicted molar refractivity (Wildman–Crippen MR) is 57.3 cm³/mol. The predicted octanol–water partition coefficient (Wildman–Crippen LogP) is 1.27. The van der Waals surface area contributed by atoms with Crippen molar-refractivity contribution in [3.8, 4) is 0 Å². The van der Waals surface area contributed by atoms with E-state index in [4.69, 9.17) is 16.7 Å². The molecular weight excluding hydrogens is 246 g/mol. The maximum atomic E-state index is 10.9. The highest BCUT2D eigenvalue weighted by atomic mass is 35.5. The van der Waals surface area contributed by atoms with Crippen molar-refractivity contribution in [1.29, 1.82) is 0 Å². The first-order valence-corrected chi connectivity index (χ1v) is 6.62. The van der Waals surface area contributed by atoms with Gasteiger partial charge in [0.05, 0.1) is 0 Å². The number of hydrogen-bond donors (Lipinski definition) is 2. The molecule has 0 aliphatic rings. The number of primary sulfonamides is 1. The average Bonchev–Trinajstić information content (AvgIpc) is 2.43. The molecule has 0 atom stereocenters. The van der Waals surface area contributed by atoms with Crippen molar-refractivity contribution in [2.45, 2.75) is 17.7 Å². The zero-order valence-corrected chi connectivity index (χ0v) is 9.84. The zero-order valence-electron chi connectivity index (χ0n) is 7.45. The molecule has 0 radical (unpaired) electrons. The molecule has 1 aromatic heterocycles. The average molecular weight is 256 g/mol. The van der Waals surface area contributed by atoms with Crippen LogP contribution in [0, 0.1) is 0 Å². The van der Waals surface area contributed by atoms with Crippen molar-refractivity contribution in [2.24, 2.45) is 5.14 Å². The van der Waals surface area contributed by atoms with E-state index in [0.29, 0.717) is 11.5 Å². The summed E-state index contributed by atoms with van der Waals surface area (Å²) >= 11 is 6.64. The molecule has 0 aromatic carbocycles. The van der Waals surface area contributed by atoms with E-state index in [1.165, 1.54) is 0 Å². The van der Waals surface area contributed by atoms with Gasteiger partial charge in [-0.3, -0.25) is 0 Å². The van der Waals surface area contributed by atoms with Gasteiger partial charge in [-0.1, -0.05) is 29.9 Å². The molecule has 0 saturated carbocycles. The molecule has 0 aliphatic heterocycles. The standard InChI is InChI=1S/C6H10ClN3O2S2/c1-2-3-9-5-4(7)10-6(13-5)14(8,11)12/h9H,2-3H2,1H3,(H2,8,11,12). The van der Waals surface area contributed by atoms with Crippen LogP contribution in [0.15, 0.2) is 4.34 Å². The SMILES string of the molecule is CCCNc1sc(S(N)(=O)=O)nc1Cl. The number of nitrogens with two attached hydrogens (primary N) is 1. The van der Waals surface area contributed by atoms with Gasteiger partial charge < -0.3 is 5.32 Å². The number of anilines is 1. The first-order chi connectivity index (χ1) is 6.45. The Morgan fingerprint density at radius 2 is 2.29 bits per heavy atom. The molecular formula is C6H10ClN3O2S2. The summed E-state index contributed by atoms with van der Waals surface area (Å²) in [4.78, 5) is 3.64. The molecule has 1 rings (SSSR count). The van der Waals surface area contributed by atoms with Crippen LogP contribution in [0.3, 0.4) is 0 Å². The fourth-order valence-electron chi connectivity index (χ4n) is 0.752. The Morgan fingerprint density at radius 1 is 1.64 bits per heavy atom. The van der Waals surface area contributed by atoms with Crippen LogP contribution in [0.4, 0.5) is 5.00 Å². The number of thiazole rings is 1. The lowest BCUT2D eigenvalue weighted by molar-refractivity contribution is 0.597. The smallest absolute Gasteiger partial charge is 0.265 e. The third-order valence-electron chi connectivity index (χ3n) is 1.35. The Balaban J connectivity index is 2.94. The minimum Gasteiger partial charge on any atom is -0.374 e. The third kappa shape index (κ3) is 2.81. The van der Waals surface area contributed by atoms with Crippen LogP contribution in [-0.4, -0.2) is 19.9 Å². The van der Waals surface area contributed by atoms with Crippen molar-refractivity contribution in [1.82, 2.24) is 4.98 Å². The largest absolute Gasteiger partial charge is 0.374 e. The van der Waals surface area contributed by atoms with E-state index in [0.717, 1.165) is 17.8 Å². The second kappa shape index (κ2) is 4.43. The Bertz CT molecular complexity index is 415. The van der Waals surface area contributed by atoms with Gasteiger partial charge >= 0.3 is 0 Å². The summed E-state index contributed by atoms with van der Waals surface area (Å²) in [5, 5.41) is 8.55. The molecule has 80 valence electrons. The first-order valence-electron chi connectivity index (χ1n) is 3.88. The topological polar surface area (TPSA) is 85.1 Å². The minimum absolute atomic E-state index is 0.146. The molecule has 1 heterocycles. The van der Waals surface area contributed by atoms with Crippen molar-refractivity contribution in [3.05, 3.63) is 5.15 Å².